The highest BCUT2D eigenvalue weighted by atomic mass is 32.2. The summed E-state index contributed by atoms with van der Waals surface area (Å²) in [5.41, 5.74) is 2.94. The first-order valence-corrected chi connectivity index (χ1v) is 11.4. The van der Waals surface area contributed by atoms with Crippen LogP contribution in [0.1, 0.15) is 12.6 Å². The molecule has 0 unspecified atom stereocenters. The quantitative estimate of drug-likeness (QED) is 0.405. The summed E-state index contributed by atoms with van der Waals surface area (Å²) in [4.78, 5) is 30.8. The van der Waals surface area contributed by atoms with Gasteiger partial charge in [0, 0.05) is 34.6 Å². The Hall–Kier alpha value is -3.58. The normalized spacial score (nSPS) is 10.8. The molecule has 0 fully saturated rings. The van der Waals surface area contributed by atoms with Crippen molar-refractivity contribution in [3.8, 4) is 5.69 Å². The average Bonchev–Trinajstić information content (AvgIpc) is 2.79. The van der Waals surface area contributed by atoms with Gasteiger partial charge in [0.2, 0.25) is 5.91 Å². The van der Waals surface area contributed by atoms with Gasteiger partial charge in [-0.25, -0.2) is 4.98 Å². The third kappa shape index (κ3) is 4.68. The Labute approximate surface area is 190 Å². The largest absolute Gasteiger partial charge is 0.356 e. The van der Waals surface area contributed by atoms with E-state index >= 15 is 0 Å². The Morgan fingerprint density at radius 1 is 1.03 bits per heavy atom. The van der Waals surface area contributed by atoms with Crippen molar-refractivity contribution in [1.29, 1.82) is 0 Å². The molecule has 0 aliphatic rings. The van der Waals surface area contributed by atoms with E-state index in [1.165, 1.54) is 11.8 Å². The van der Waals surface area contributed by atoms with E-state index in [9.17, 15) is 9.59 Å². The molecule has 0 saturated heterocycles. The minimum absolute atomic E-state index is 0.0640. The van der Waals surface area contributed by atoms with Gasteiger partial charge in [0.15, 0.2) is 11.1 Å². The van der Waals surface area contributed by atoms with Crippen LogP contribution in [0, 0.1) is 6.92 Å². The zero-order valence-electron chi connectivity index (χ0n) is 18.0. The molecule has 1 amide bonds. The van der Waals surface area contributed by atoms with Crippen molar-refractivity contribution in [2.24, 2.45) is 0 Å². The minimum Gasteiger partial charge on any atom is -0.356 e. The molecule has 2 aromatic carbocycles. The van der Waals surface area contributed by atoms with Gasteiger partial charge < -0.3 is 10.6 Å². The number of aromatic nitrogens is 2. The molecule has 7 heteroatoms. The second-order valence-corrected chi connectivity index (χ2v) is 8.28. The van der Waals surface area contributed by atoms with Gasteiger partial charge in [-0.1, -0.05) is 36.4 Å². The highest BCUT2D eigenvalue weighted by Gasteiger charge is 2.17. The van der Waals surface area contributed by atoms with Gasteiger partial charge in [-0.15, -0.1) is 11.8 Å². The van der Waals surface area contributed by atoms with Crippen LogP contribution >= 0.6 is 11.8 Å². The maximum Gasteiger partial charge on any atom is 0.230 e. The zero-order valence-corrected chi connectivity index (χ0v) is 18.8. The molecule has 4 aromatic rings. The Morgan fingerprint density at radius 3 is 2.41 bits per heavy atom. The van der Waals surface area contributed by atoms with E-state index < -0.39 is 0 Å². The second-order valence-electron chi connectivity index (χ2n) is 7.26. The van der Waals surface area contributed by atoms with Crippen LogP contribution in [0.15, 0.2) is 82.5 Å². The molecule has 32 heavy (non-hydrogen) atoms. The second kappa shape index (κ2) is 9.70. The number of nitrogens with zero attached hydrogens (tertiary/aromatic N) is 2. The fourth-order valence-corrected chi connectivity index (χ4v) is 4.48. The van der Waals surface area contributed by atoms with E-state index in [0.29, 0.717) is 23.4 Å². The maximum absolute atomic E-state index is 13.3. The molecule has 0 aliphatic heterocycles. The van der Waals surface area contributed by atoms with E-state index in [0.717, 1.165) is 22.0 Å². The standard InChI is InChI=1S/C25H24N4O2S/c1-3-26-23(31)16-32-21-14-17(2)27-25-24(21)20(30)15-22(28-18-10-6-4-7-11-18)29(25)19-12-8-5-9-13-19/h4-15,28H,3,16H2,1-2H3,(H,26,31). The fourth-order valence-electron chi connectivity index (χ4n) is 3.50. The maximum atomic E-state index is 13.3. The van der Waals surface area contributed by atoms with Crippen molar-refractivity contribution in [2.75, 3.05) is 17.6 Å². The van der Waals surface area contributed by atoms with Crippen LogP contribution in [-0.4, -0.2) is 27.8 Å². The summed E-state index contributed by atoms with van der Waals surface area (Å²) in [5.74, 6) is 0.796. The molecule has 0 aliphatic carbocycles. The summed E-state index contributed by atoms with van der Waals surface area (Å²) < 4.78 is 1.95. The molecule has 2 aromatic heterocycles. The monoisotopic (exact) mass is 444 g/mol. The lowest BCUT2D eigenvalue weighted by Gasteiger charge is -2.19. The lowest BCUT2D eigenvalue weighted by atomic mass is 10.2. The molecule has 162 valence electrons. The first-order valence-electron chi connectivity index (χ1n) is 10.4. The van der Waals surface area contributed by atoms with E-state index in [-0.39, 0.29) is 17.1 Å². The van der Waals surface area contributed by atoms with Crippen molar-refractivity contribution >= 4 is 40.2 Å². The molecule has 4 rings (SSSR count). The van der Waals surface area contributed by atoms with Crippen molar-refractivity contribution in [3.05, 3.63) is 88.7 Å². The lowest BCUT2D eigenvalue weighted by molar-refractivity contribution is -0.118. The number of amides is 1. The number of hydrogen-bond acceptors (Lipinski definition) is 5. The van der Waals surface area contributed by atoms with Crippen LogP contribution in [0.5, 0.6) is 0 Å². The van der Waals surface area contributed by atoms with E-state index in [1.54, 1.807) is 6.07 Å². The molecule has 0 saturated carbocycles. The van der Waals surface area contributed by atoms with E-state index in [2.05, 4.69) is 10.6 Å². The van der Waals surface area contributed by atoms with Crippen molar-refractivity contribution in [3.63, 3.8) is 0 Å². The number of carbonyl (C=O) groups excluding carboxylic acids is 1. The topological polar surface area (TPSA) is 76.0 Å². The molecule has 2 heterocycles. The van der Waals surface area contributed by atoms with Crippen LogP contribution in [-0.2, 0) is 4.79 Å². The minimum atomic E-state index is -0.142. The van der Waals surface area contributed by atoms with Crippen LogP contribution < -0.4 is 16.1 Å². The van der Waals surface area contributed by atoms with Crippen LogP contribution in [0.3, 0.4) is 0 Å². The Balaban J connectivity index is 1.92. The molecule has 6 nitrogen and oxygen atoms in total. The van der Waals surface area contributed by atoms with E-state index in [4.69, 9.17) is 4.98 Å². The number of hydrogen-bond donors (Lipinski definition) is 2. The van der Waals surface area contributed by atoms with Gasteiger partial charge in [0.25, 0.3) is 0 Å². The van der Waals surface area contributed by atoms with Crippen LogP contribution in [0.25, 0.3) is 16.7 Å². The SMILES string of the molecule is CCNC(=O)CSc1cc(C)nc2c1c(=O)cc(Nc1ccccc1)n2-c1ccccc1. The Bertz CT molecular complexity index is 1300. The van der Waals surface area contributed by atoms with Crippen molar-refractivity contribution in [2.45, 2.75) is 18.7 Å². The first kappa shape index (κ1) is 21.6. The smallest absolute Gasteiger partial charge is 0.230 e. The number of anilines is 2. The average molecular weight is 445 g/mol. The molecular formula is C25H24N4O2S. The van der Waals surface area contributed by atoms with Gasteiger partial charge in [-0.3, -0.25) is 14.2 Å². The number of aryl methyl sites for hydroxylation is 1. The number of carbonyl (C=O) groups is 1. The molecule has 2 N–H and O–H groups in total. The third-order valence-corrected chi connectivity index (χ3v) is 5.89. The number of fused-ring (bicyclic) bond motifs is 1. The Morgan fingerprint density at radius 2 is 1.72 bits per heavy atom. The number of para-hydroxylation sites is 2. The molecule has 0 atom stereocenters. The summed E-state index contributed by atoms with van der Waals surface area (Å²) in [6, 6.07) is 23.0. The van der Waals surface area contributed by atoms with E-state index in [1.807, 2.05) is 85.1 Å². The predicted molar refractivity (Wildman–Crippen MR) is 131 cm³/mol. The molecule has 0 bridgehead atoms. The summed E-state index contributed by atoms with van der Waals surface area (Å²) >= 11 is 1.35. The Kier molecular flexibility index (Phi) is 6.56. The van der Waals surface area contributed by atoms with Gasteiger partial charge in [-0.05, 0) is 44.2 Å². The highest BCUT2D eigenvalue weighted by molar-refractivity contribution is 8.00. The molecular weight excluding hydrogens is 420 g/mol. The number of rotatable bonds is 7. The van der Waals surface area contributed by atoms with Gasteiger partial charge >= 0.3 is 0 Å². The highest BCUT2D eigenvalue weighted by Crippen LogP contribution is 2.30. The van der Waals surface area contributed by atoms with Crippen molar-refractivity contribution in [1.82, 2.24) is 14.9 Å². The van der Waals surface area contributed by atoms with Gasteiger partial charge in [-0.2, -0.15) is 0 Å². The number of thioether (sulfide) groups is 1. The summed E-state index contributed by atoms with van der Waals surface area (Å²) in [6.07, 6.45) is 0. The van der Waals surface area contributed by atoms with Crippen molar-refractivity contribution < 1.29 is 4.79 Å². The van der Waals surface area contributed by atoms with Crippen LogP contribution in [0.4, 0.5) is 11.5 Å². The lowest BCUT2D eigenvalue weighted by Crippen LogP contribution is -2.24. The summed E-state index contributed by atoms with van der Waals surface area (Å²) in [7, 11) is 0. The summed E-state index contributed by atoms with van der Waals surface area (Å²) in [6.45, 7) is 4.35. The number of benzene rings is 2. The van der Waals surface area contributed by atoms with Gasteiger partial charge in [0.05, 0.1) is 11.1 Å². The third-order valence-electron chi connectivity index (χ3n) is 4.85. The fraction of sp³-hybridized carbons (Fsp3) is 0.160. The first-order chi connectivity index (χ1) is 15.6. The zero-order chi connectivity index (χ0) is 22.5. The summed E-state index contributed by atoms with van der Waals surface area (Å²) in [5, 5.41) is 6.67. The number of nitrogens with one attached hydrogen (secondary N) is 2. The number of pyridine rings is 2. The molecule has 0 spiro atoms. The van der Waals surface area contributed by atoms with Crippen LogP contribution in [0.2, 0.25) is 0 Å². The van der Waals surface area contributed by atoms with Gasteiger partial charge in [0.1, 0.15) is 5.82 Å². The molecule has 0 radical (unpaired) electrons. The predicted octanol–water partition coefficient (Wildman–Crippen LogP) is 4.67.